The Labute approximate surface area is 132 Å². The number of thiazole rings is 1. The molecule has 0 fully saturated rings. The zero-order valence-electron chi connectivity index (χ0n) is 12.6. The lowest BCUT2D eigenvalue weighted by atomic mass is 10.2. The van der Waals surface area contributed by atoms with E-state index in [2.05, 4.69) is 15.6 Å². The van der Waals surface area contributed by atoms with Gasteiger partial charge < -0.3 is 10.1 Å². The molecule has 0 atom stereocenters. The Hall–Kier alpha value is -2.15. The van der Waals surface area contributed by atoms with Crippen molar-refractivity contribution in [1.82, 2.24) is 4.98 Å². The zero-order valence-corrected chi connectivity index (χ0v) is 13.5. The molecule has 1 aromatic carbocycles. The van der Waals surface area contributed by atoms with Gasteiger partial charge in [-0.2, -0.15) is 0 Å². The summed E-state index contributed by atoms with van der Waals surface area (Å²) in [5, 5.41) is 8.24. The minimum absolute atomic E-state index is 0.295. The second-order valence-electron chi connectivity index (χ2n) is 5.60. The van der Waals surface area contributed by atoms with Crippen molar-refractivity contribution < 1.29 is 13.9 Å². The van der Waals surface area contributed by atoms with Crippen molar-refractivity contribution in [3.63, 3.8) is 0 Å². The number of hydrogen-bond donors (Lipinski definition) is 2. The van der Waals surface area contributed by atoms with Gasteiger partial charge in [-0.25, -0.2) is 14.2 Å². The summed E-state index contributed by atoms with van der Waals surface area (Å²) >= 11 is 1.48. The van der Waals surface area contributed by atoms with Crippen LogP contribution in [0.1, 0.15) is 25.8 Å². The third kappa shape index (κ3) is 5.00. The molecule has 0 bridgehead atoms. The molecule has 0 unspecified atom stereocenters. The van der Waals surface area contributed by atoms with Crippen molar-refractivity contribution >= 4 is 28.8 Å². The summed E-state index contributed by atoms with van der Waals surface area (Å²) < 4.78 is 18.9. The van der Waals surface area contributed by atoms with Crippen molar-refractivity contribution in [2.24, 2.45) is 0 Å². The van der Waals surface area contributed by atoms with E-state index >= 15 is 0 Å². The van der Waals surface area contributed by atoms with Crippen LogP contribution in [0.3, 0.4) is 0 Å². The number of hydrogen-bond acceptors (Lipinski definition) is 5. The van der Waals surface area contributed by atoms with E-state index in [1.807, 2.05) is 5.38 Å². The number of ether oxygens (including phenoxy) is 1. The Morgan fingerprint density at radius 3 is 2.82 bits per heavy atom. The minimum Gasteiger partial charge on any atom is -0.444 e. The second-order valence-corrected chi connectivity index (χ2v) is 6.58. The monoisotopic (exact) mass is 323 g/mol. The van der Waals surface area contributed by atoms with Gasteiger partial charge in [0.15, 0.2) is 0 Å². The number of halogens is 1. The highest BCUT2D eigenvalue weighted by Crippen LogP contribution is 2.21. The van der Waals surface area contributed by atoms with E-state index in [-0.39, 0.29) is 0 Å². The summed E-state index contributed by atoms with van der Waals surface area (Å²) in [6, 6.07) is 4.29. The van der Waals surface area contributed by atoms with Gasteiger partial charge in [-0.05, 0) is 39.0 Å². The summed E-state index contributed by atoms with van der Waals surface area (Å²) in [6.45, 7) is 5.75. The fourth-order valence-corrected chi connectivity index (χ4v) is 2.23. The molecule has 2 aromatic rings. The summed E-state index contributed by atoms with van der Waals surface area (Å²) in [6.07, 6.45) is 1.11. The first-order valence-electron chi connectivity index (χ1n) is 6.75. The lowest BCUT2D eigenvalue weighted by molar-refractivity contribution is 0.0636. The van der Waals surface area contributed by atoms with Crippen molar-refractivity contribution in [2.45, 2.75) is 32.9 Å². The van der Waals surface area contributed by atoms with E-state index in [0.717, 1.165) is 5.01 Å². The Bertz CT molecular complexity index is 639. The SMILES string of the molecule is CC(C)(C)OC(=O)Nc1ccc(F)c(NCc2nccs2)c1. The predicted molar refractivity (Wildman–Crippen MR) is 85.7 cm³/mol. The van der Waals surface area contributed by atoms with E-state index in [1.165, 1.54) is 29.5 Å². The van der Waals surface area contributed by atoms with Crippen LogP contribution in [-0.4, -0.2) is 16.7 Å². The molecule has 0 aliphatic carbocycles. The number of carbonyl (C=O) groups is 1. The van der Waals surface area contributed by atoms with Crippen LogP contribution in [0.4, 0.5) is 20.6 Å². The first kappa shape index (κ1) is 16.2. The van der Waals surface area contributed by atoms with E-state index in [4.69, 9.17) is 4.74 Å². The van der Waals surface area contributed by atoms with Gasteiger partial charge in [0.2, 0.25) is 0 Å². The minimum atomic E-state index is -0.587. The van der Waals surface area contributed by atoms with Gasteiger partial charge in [-0.1, -0.05) is 0 Å². The quantitative estimate of drug-likeness (QED) is 0.883. The Morgan fingerprint density at radius 1 is 1.41 bits per heavy atom. The van der Waals surface area contributed by atoms with Crippen LogP contribution in [0, 0.1) is 5.82 Å². The molecule has 22 heavy (non-hydrogen) atoms. The van der Waals surface area contributed by atoms with Crippen LogP contribution in [0.25, 0.3) is 0 Å². The lowest BCUT2D eigenvalue weighted by Gasteiger charge is -2.20. The average molecular weight is 323 g/mol. The van der Waals surface area contributed by atoms with Gasteiger partial charge in [-0.15, -0.1) is 11.3 Å². The summed E-state index contributed by atoms with van der Waals surface area (Å²) in [7, 11) is 0. The first-order valence-corrected chi connectivity index (χ1v) is 7.63. The van der Waals surface area contributed by atoms with Crippen LogP contribution >= 0.6 is 11.3 Å². The Kier molecular flexibility index (Phi) is 4.97. The Morgan fingerprint density at radius 2 is 2.18 bits per heavy atom. The van der Waals surface area contributed by atoms with Gasteiger partial charge in [-0.3, -0.25) is 5.32 Å². The van der Waals surface area contributed by atoms with Gasteiger partial charge >= 0.3 is 6.09 Å². The van der Waals surface area contributed by atoms with Crippen molar-refractivity contribution in [1.29, 1.82) is 0 Å². The number of rotatable bonds is 4. The highest BCUT2D eigenvalue weighted by molar-refractivity contribution is 7.09. The number of carbonyl (C=O) groups excluding carboxylic acids is 1. The lowest BCUT2D eigenvalue weighted by Crippen LogP contribution is -2.27. The Balaban J connectivity index is 2.01. The number of nitrogens with zero attached hydrogens (tertiary/aromatic N) is 1. The van der Waals surface area contributed by atoms with Crippen LogP contribution < -0.4 is 10.6 Å². The zero-order chi connectivity index (χ0) is 16.2. The maximum absolute atomic E-state index is 13.8. The molecule has 5 nitrogen and oxygen atoms in total. The summed E-state index contributed by atoms with van der Waals surface area (Å²) in [5.41, 5.74) is 0.164. The van der Waals surface area contributed by atoms with Crippen molar-refractivity contribution in [2.75, 3.05) is 10.6 Å². The molecule has 2 N–H and O–H groups in total. The molecule has 0 aliphatic heterocycles. The predicted octanol–water partition coefficient (Wildman–Crippen LogP) is 4.24. The maximum Gasteiger partial charge on any atom is 0.412 e. The standard InChI is InChI=1S/C15H18FN3O2S/c1-15(2,3)21-14(20)19-10-4-5-11(16)12(8-10)18-9-13-17-6-7-22-13/h4-8,18H,9H2,1-3H3,(H,19,20). The molecule has 0 aliphatic rings. The smallest absolute Gasteiger partial charge is 0.412 e. The van der Waals surface area contributed by atoms with E-state index in [1.54, 1.807) is 27.0 Å². The fraction of sp³-hybridized carbons (Fsp3) is 0.333. The molecule has 1 amide bonds. The summed E-state index contributed by atoms with van der Waals surface area (Å²) in [5.74, 6) is -0.397. The van der Waals surface area contributed by atoms with Gasteiger partial charge in [0.1, 0.15) is 16.4 Å². The third-order valence-corrected chi connectivity index (χ3v) is 3.30. The number of benzene rings is 1. The van der Waals surface area contributed by atoms with E-state index < -0.39 is 17.5 Å². The molecule has 0 saturated heterocycles. The molecule has 0 spiro atoms. The van der Waals surface area contributed by atoms with Gasteiger partial charge in [0.25, 0.3) is 0 Å². The third-order valence-electron chi connectivity index (χ3n) is 2.53. The van der Waals surface area contributed by atoms with Crippen molar-refractivity contribution in [3.05, 3.63) is 40.6 Å². The van der Waals surface area contributed by atoms with Crippen LogP contribution in [0.5, 0.6) is 0 Å². The molecule has 118 valence electrons. The summed E-state index contributed by atoms with van der Waals surface area (Å²) in [4.78, 5) is 15.8. The number of aromatic nitrogens is 1. The largest absolute Gasteiger partial charge is 0.444 e. The first-order chi connectivity index (χ1) is 10.3. The number of amides is 1. The maximum atomic E-state index is 13.8. The molecule has 7 heteroatoms. The van der Waals surface area contributed by atoms with Gasteiger partial charge in [0.05, 0.1) is 12.2 Å². The van der Waals surface area contributed by atoms with Gasteiger partial charge in [0, 0.05) is 17.3 Å². The van der Waals surface area contributed by atoms with E-state index in [0.29, 0.717) is 17.9 Å². The second kappa shape index (κ2) is 6.74. The molecule has 0 radical (unpaired) electrons. The van der Waals surface area contributed by atoms with Crippen LogP contribution in [0.2, 0.25) is 0 Å². The van der Waals surface area contributed by atoms with E-state index in [9.17, 15) is 9.18 Å². The molecule has 0 saturated carbocycles. The molecule has 1 aromatic heterocycles. The number of anilines is 2. The van der Waals surface area contributed by atoms with Crippen LogP contribution in [-0.2, 0) is 11.3 Å². The van der Waals surface area contributed by atoms with Crippen molar-refractivity contribution in [3.8, 4) is 0 Å². The highest BCUT2D eigenvalue weighted by atomic mass is 32.1. The average Bonchev–Trinajstić information content (AvgIpc) is 2.90. The topological polar surface area (TPSA) is 63.2 Å². The number of nitrogens with one attached hydrogen (secondary N) is 2. The molecule has 2 rings (SSSR count). The molecular weight excluding hydrogens is 305 g/mol. The molecular formula is C15H18FN3O2S. The normalized spacial score (nSPS) is 11.1. The highest BCUT2D eigenvalue weighted by Gasteiger charge is 2.16. The molecule has 1 heterocycles. The van der Waals surface area contributed by atoms with Crippen LogP contribution in [0.15, 0.2) is 29.8 Å². The fourth-order valence-electron chi connectivity index (χ4n) is 1.67.